The first-order chi connectivity index (χ1) is 2.77. The Morgan fingerprint density at radius 1 is 1.33 bits per heavy atom. The maximum Gasteiger partial charge on any atom is 0.664 e. The van der Waals surface area contributed by atoms with E-state index in [2.05, 4.69) is 9.84 Å². The molecule has 0 aliphatic rings. The lowest BCUT2D eigenvalue weighted by molar-refractivity contribution is -0.453. The van der Waals surface area contributed by atoms with E-state index in [1.165, 1.54) is 0 Å². The zero-order valence-electron chi connectivity index (χ0n) is 2.74. The summed E-state index contributed by atoms with van der Waals surface area (Å²) in [7, 11) is -2.07. The first-order valence-corrected chi connectivity index (χ1v) is 1.10. The van der Waals surface area contributed by atoms with Crippen molar-refractivity contribution in [2.75, 3.05) is 0 Å². The third-order valence-corrected chi connectivity index (χ3v) is 0.129. The molecule has 0 aromatic heterocycles. The van der Waals surface area contributed by atoms with Crippen LogP contribution in [0.25, 0.3) is 0 Å². The second kappa shape index (κ2) is 3.07. The largest absolute Gasteiger partial charge is 0.664 e. The maximum atomic E-state index is 7.60. The van der Waals surface area contributed by atoms with Gasteiger partial charge in [-0.25, -0.2) is 10.1 Å². The fourth-order valence-corrected chi connectivity index (χ4v) is 0.0385. The van der Waals surface area contributed by atoms with Crippen LogP contribution < -0.4 is 0 Å². The molecule has 0 atom stereocenters. The van der Waals surface area contributed by atoms with Crippen LogP contribution in [0.15, 0.2) is 0 Å². The Hall–Kier alpha value is -0.135. The zero-order valence-corrected chi connectivity index (χ0v) is 2.74. The number of hydrogen-bond acceptors (Lipinski definition) is 5. The average Bonchev–Trinajstić information content (AvgIpc) is 1.35. The van der Waals surface area contributed by atoms with Crippen molar-refractivity contribution in [2.24, 2.45) is 0 Å². The van der Waals surface area contributed by atoms with E-state index in [4.69, 9.17) is 15.3 Å². The highest BCUT2D eigenvalue weighted by molar-refractivity contribution is 6.32. The Labute approximate surface area is 33.8 Å². The summed E-state index contributed by atoms with van der Waals surface area (Å²) >= 11 is 0. The lowest BCUT2D eigenvalue weighted by Crippen LogP contribution is -2.15. The minimum atomic E-state index is -2.07. The first-order valence-electron chi connectivity index (χ1n) is 1.10. The van der Waals surface area contributed by atoms with Crippen LogP contribution in [0.1, 0.15) is 0 Å². The van der Waals surface area contributed by atoms with Crippen molar-refractivity contribution in [3.8, 4) is 0 Å². The molecule has 0 aromatic rings. The Kier molecular flexibility index (Phi) is 3.00. The van der Waals surface area contributed by atoms with E-state index in [-0.39, 0.29) is 0 Å². The molecule has 0 aliphatic heterocycles. The molecule has 0 aromatic carbocycles. The summed E-state index contributed by atoms with van der Waals surface area (Å²) in [5.41, 5.74) is 0. The van der Waals surface area contributed by atoms with E-state index in [1.807, 2.05) is 0 Å². The Bertz CT molecular complexity index is 25.1. The van der Waals surface area contributed by atoms with Gasteiger partial charge in [0.25, 0.3) is 0 Å². The van der Waals surface area contributed by atoms with Gasteiger partial charge in [-0.2, -0.15) is 0 Å². The highest BCUT2D eigenvalue weighted by Gasteiger charge is 2.07. The van der Waals surface area contributed by atoms with E-state index >= 15 is 0 Å². The van der Waals surface area contributed by atoms with Gasteiger partial charge >= 0.3 is 7.32 Å². The van der Waals surface area contributed by atoms with Crippen LogP contribution in [0.3, 0.4) is 0 Å². The third-order valence-electron chi connectivity index (χ3n) is 0.129. The van der Waals surface area contributed by atoms with E-state index in [1.54, 1.807) is 0 Å². The molecule has 0 amide bonds. The summed E-state index contributed by atoms with van der Waals surface area (Å²) in [5.74, 6) is 0. The lowest BCUT2D eigenvalue weighted by atomic mass is 10.3. The van der Waals surface area contributed by atoms with Gasteiger partial charge in [0.05, 0.1) is 0 Å². The SMILES string of the molecule is OOOB(O)O. The van der Waals surface area contributed by atoms with Crippen molar-refractivity contribution < 1.29 is 25.1 Å². The van der Waals surface area contributed by atoms with Gasteiger partial charge in [-0.1, -0.05) is 5.04 Å². The predicted molar refractivity (Wildman–Crippen MR) is 15.0 cm³/mol. The molecule has 6 heteroatoms. The second-order valence-corrected chi connectivity index (χ2v) is 0.497. The van der Waals surface area contributed by atoms with Crippen molar-refractivity contribution in [1.82, 2.24) is 0 Å². The molecule has 0 saturated carbocycles. The van der Waals surface area contributed by atoms with Crippen molar-refractivity contribution in [1.29, 1.82) is 0 Å². The van der Waals surface area contributed by atoms with Crippen LogP contribution in [0.2, 0.25) is 0 Å². The average molecular weight is 93.8 g/mol. The van der Waals surface area contributed by atoms with Crippen LogP contribution in [-0.4, -0.2) is 22.6 Å². The van der Waals surface area contributed by atoms with Gasteiger partial charge in [-0.15, -0.1) is 0 Å². The fourth-order valence-electron chi connectivity index (χ4n) is 0.0385. The van der Waals surface area contributed by atoms with Gasteiger partial charge in [0.2, 0.25) is 0 Å². The molecule has 0 heterocycles. The van der Waals surface area contributed by atoms with Gasteiger partial charge < -0.3 is 10.0 Å². The summed E-state index contributed by atoms with van der Waals surface area (Å²) in [4.78, 5) is 3.21. The van der Waals surface area contributed by atoms with Crippen LogP contribution in [0, 0.1) is 0 Å². The third kappa shape index (κ3) is 3.86. The minimum Gasteiger partial charge on any atom is -0.400 e. The molecule has 0 bridgehead atoms. The molecule has 6 heavy (non-hydrogen) atoms. The second-order valence-electron chi connectivity index (χ2n) is 0.497. The summed E-state index contributed by atoms with van der Waals surface area (Å²) < 4.78 is 0. The maximum absolute atomic E-state index is 7.60. The summed E-state index contributed by atoms with van der Waals surface area (Å²) in [5, 5.41) is 25.2. The van der Waals surface area contributed by atoms with Gasteiger partial charge in [0.1, 0.15) is 0 Å². The van der Waals surface area contributed by atoms with Crippen molar-refractivity contribution in [2.45, 2.75) is 0 Å². The molecule has 0 unspecified atom stereocenters. The quantitative estimate of drug-likeness (QED) is 0.217. The van der Waals surface area contributed by atoms with Gasteiger partial charge in [-0.3, -0.25) is 0 Å². The molecule has 0 rings (SSSR count). The number of hydrogen-bond donors (Lipinski definition) is 3. The topological polar surface area (TPSA) is 79.2 Å². The predicted octanol–water partition coefficient (Wildman–Crippen LogP) is -1.62. The van der Waals surface area contributed by atoms with E-state index in [0.717, 1.165) is 0 Å². The van der Waals surface area contributed by atoms with E-state index in [0.29, 0.717) is 0 Å². The fraction of sp³-hybridized carbons (Fsp3) is 0. The first kappa shape index (κ1) is 5.86. The minimum absolute atomic E-state index is 2.07. The Morgan fingerprint density at radius 2 is 1.83 bits per heavy atom. The smallest absolute Gasteiger partial charge is 0.400 e. The standard InChI is InChI=1S/BH3O5/c2-1(3)5-6-4/h2-4H. The molecule has 0 aliphatic carbocycles. The van der Waals surface area contributed by atoms with Crippen LogP contribution >= 0.6 is 0 Å². The molecule has 0 radical (unpaired) electrons. The molecule has 0 fully saturated rings. The zero-order chi connectivity index (χ0) is 4.99. The normalized spacial score (nSPS) is 8.50. The van der Waals surface area contributed by atoms with Crippen LogP contribution in [0.5, 0.6) is 0 Å². The molecular formula is H3BO5. The lowest BCUT2D eigenvalue weighted by Gasteiger charge is -1.88. The molecule has 0 spiro atoms. The van der Waals surface area contributed by atoms with Crippen molar-refractivity contribution in [3.05, 3.63) is 0 Å². The highest BCUT2D eigenvalue weighted by Crippen LogP contribution is 1.69. The van der Waals surface area contributed by atoms with Gasteiger partial charge in [-0.05, 0) is 0 Å². The van der Waals surface area contributed by atoms with Gasteiger partial charge in [0, 0.05) is 0 Å². The Balaban J connectivity index is 2.63. The Morgan fingerprint density at radius 3 is 1.83 bits per heavy atom. The molecular weight excluding hydrogens is 90.8 g/mol. The van der Waals surface area contributed by atoms with Crippen LogP contribution in [0.4, 0.5) is 0 Å². The molecule has 5 nitrogen and oxygen atoms in total. The number of rotatable bonds is 2. The summed E-state index contributed by atoms with van der Waals surface area (Å²) in [6, 6.07) is 0. The molecule has 3 N–H and O–H groups in total. The van der Waals surface area contributed by atoms with Crippen LogP contribution in [-0.2, 0) is 9.84 Å². The highest BCUT2D eigenvalue weighted by atomic mass is 17.5. The van der Waals surface area contributed by atoms with E-state index < -0.39 is 7.32 Å². The summed E-state index contributed by atoms with van der Waals surface area (Å²) in [6.07, 6.45) is 0. The van der Waals surface area contributed by atoms with Crippen molar-refractivity contribution >= 4 is 7.32 Å². The summed E-state index contributed by atoms with van der Waals surface area (Å²) in [6.45, 7) is 0. The van der Waals surface area contributed by atoms with Crippen molar-refractivity contribution in [3.63, 3.8) is 0 Å². The van der Waals surface area contributed by atoms with Gasteiger partial charge in [0.15, 0.2) is 0 Å². The van der Waals surface area contributed by atoms with E-state index in [9.17, 15) is 0 Å². The molecule has 0 saturated heterocycles. The molecule has 36 valence electrons. The monoisotopic (exact) mass is 94.0 g/mol.